The molecule has 2 aromatic carbocycles. The summed E-state index contributed by atoms with van der Waals surface area (Å²) in [6.07, 6.45) is 9.88. The van der Waals surface area contributed by atoms with Crippen molar-refractivity contribution in [1.82, 2.24) is 29.6 Å². The number of nitrogens with one attached hydrogen (secondary N) is 2. The molecule has 5 aliphatic rings. The standard InChI is InChI=1S/C61H82F4N8O6/c1-38(41-31-49(55(78-4)51(34-41)61(63,64)65)53(59(74)75)72-28-22-46(36-72)70(2)26-10-6-8-16-44-20-18-39-14-12-24-66-57(39)68-44)30-42-32-48(42)43-33-50(56(79-5)52(62)35-43)54(60(76)77)73-29-23-47(37-73)71(3)27-11-7-9-17-45-21-19-40-15-13-25-67-58(40)69-45/h18-21,31,33-35,38,42,46-48,53-54H,6-17,22-30,32,36-37H2,1-5H3,(H,66,68)(H,67,69)(H,74,75)(H,76,77)/t38?,42?,46-,47-,48?,53?,54?/m1/s1. The fraction of sp³-hybridized carbons (Fsp3) is 0.607. The third-order valence-corrected chi connectivity index (χ3v) is 17.7. The second-order valence-electron chi connectivity index (χ2n) is 23.2. The van der Waals surface area contributed by atoms with E-state index < -0.39 is 53.2 Å². The number of pyridine rings is 2. The first-order valence-corrected chi connectivity index (χ1v) is 29.0. The monoisotopic (exact) mass is 1100 g/mol. The highest BCUT2D eigenvalue weighted by molar-refractivity contribution is 5.78. The van der Waals surface area contributed by atoms with Gasteiger partial charge in [0, 0.05) is 73.9 Å². The molecule has 5 unspecified atom stereocenters. The first kappa shape index (κ1) is 58.1. The quantitative estimate of drug-likeness (QED) is 0.0348. The summed E-state index contributed by atoms with van der Waals surface area (Å²) < 4.78 is 72.1. The van der Waals surface area contributed by atoms with Crippen LogP contribution in [0.25, 0.3) is 0 Å². The van der Waals surface area contributed by atoms with Crippen molar-refractivity contribution in [2.75, 3.05) is 91.3 Å². The molecule has 3 fully saturated rings. The normalized spacial score (nSPS) is 21.5. The lowest BCUT2D eigenvalue weighted by Crippen LogP contribution is -2.38. The van der Waals surface area contributed by atoms with Crippen molar-refractivity contribution in [2.24, 2.45) is 5.92 Å². The van der Waals surface area contributed by atoms with Crippen molar-refractivity contribution in [3.63, 3.8) is 0 Å². The number of halogens is 4. The molecule has 1 saturated carbocycles. The van der Waals surface area contributed by atoms with Crippen LogP contribution in [0.3, 0.4) is 0 Å². The zero-order valence-electron chi connectivity index (χ0n) is 46.9. The largest absolute Gasteiger partial charge is 0.496 e. The average molecular weight is 1100 g/mol. The number of hydrogen-bond acceptors (Lipinski definition) is 12. The Bertz CT molecular complexity index is 2760. The highest BCUT2D eigenvalue weighted by Crippen LogP contribution is 2.54. The number of fused-ring (bicyclic) bond motifs is 2. The Morgan fingerprint density at radius 2 is 1.25 bits per heavy atom. The number of aromatic nitrogens is 2. The van der Waals surface area contributed by atoms with E-state index in [9.17, 15) is 19.8 Å². The van der Waals surface area contributed by atoms with Gasteiger partial charge in [0.25, 0.3) is 0 Å². The van der Waals surface area contributed by atoms with Crippen LogP contribution in [0.4, 0.5) is 29.2 Å². The van der Waals surface area contributed by atoms with E-state index in [1.165, 1.54) is 24.3 Å². The molecule has 4 N–H and O–H groups in total. The van der Waals surface area contributed by atoms with E-state index in [0.29, 0.717) is 56.6 Å². The molecule has 4 aromatic rings. The van der Waals surface area contributed by atoms with Crippen LogP contribution in [0.5, 0.6) is 11.5 Å². The van der Waals surface area contributed by atoms with Crippen LogP contribution in [-0.4, -0.2) is 144 Å². The molecule has 79 heavy (non-hydrogen) atoms. The van der Waals surface area contributed by atoms with Crippen LogP contribution in [0, 0.1) is 11.7 Å². The molecule has 1 aliphatic carbocycles. The maximum absolute atomic E-state index is 16.1. The number of likely N-dealkylation sites (tertiary alicyclic amines) is 2. The molecule has 430 valence electrons. The average Bonchev–Trinajstić information content (AvgIpc) is 3.96. The van der Waals surface area contributed by atoms with Crippen molar-refractivity contribution >= 4 is 23.6 Å². The number of benzene rings is 2. The van der Waals surface area contributed by atoms with Gasteiger partial charge in [0.15, 0.2) is 11.6 Å². The highest BCUT2D eigenvalue weighted by atomic mass is 19.4. The second-order valence-corrected chi connectivity index (χ2v) is 23.2. The van der Waals surface area contributed by atoms with Gasteiger partial charge in [0.05, 0.1) is 19.8 Å². The number of anilines is 2. The summed E-state index contributed by atoms with van der Waals surface area (Å²) in [5.74, 6) is -2.24. The van der Waals surface area contributed by atoms with E-state index in [4.69, 9.17) is 19.4 Å². The summed E-state index contributed by atoms with van der Waals surface area (Å²) in [5.41, 5.74) is 4.90. The predicted octanol–water partition coefficient (Wildman–Crippen LogP) is 10.8. The first-order valence-electron chi connectivity index (χ1n) is 29.0. The topological polar surface area (TPSA) is 156 Å². The zero-order valence-corrected chi connectivity index (χ0v) is 46.9. The lowest BCUT2D eigenvalue weighted by molar-refractivity contribution is -0.144. The number of unbranched alkanes of at least 4 members (excludes halogenated alkanes) is 4. The minimum atomic E-state index is -4.83. The van der Waals surface area contributed by atoms with E-state index in [-0.39, 0.29) is 40.8 Å². The van der Waals surface area contributed by atoms with Crippen molar-refractivity contribution in [2.45, 2.75) is 152 Å². The van der Waals surface area contributed by atoms with Crippen LogP contribution in [0.1, 0.15) is 158 Å². The molecule has 7 atom stereocenters. The number of carboxylic acids is 2. The molecule has 9 rings (SSSR count). The molecule has 0 radical (unpaired) electrons. The van der Waals surface area contributed by atoms with Crippen LogP contribution in [-0.2, 0) is 41.4 Å². The number of alkyl halides is 3. The van der Waals surface area contributed by atoms with E-state index in [1.54, 1.807) is 17.0 Å². The SMILES string of the molecule is COc1c(F)cc(C2CC2CC(C)c2cc(C(C(=O)O)N3CC[C@@H](N(C)CCCCCc4ccc5c(n4)NCCC5)C3)c(OC)c(C(F)(F)F)c2)cc1C(C(=O)O)N1CC[C@@H](N(C)CCCCCc2ccc3c(n2)NCCC3)C1. The van der Waals surface area contributed by atoms with Gasteiger partial charge in [-0.1, -0.05) is 31.9 Å². The first-order chi connectivity index (χ1) is 38.0. The lowest BCUT2D eigenvalue weighted by atomic mass is 9.88. The Balaban J connectivity index is 0.813. The minimum Gasteiger partial charge on any atom is -0.496 e. The predicted molar refractivity (Wildman–Crippen MR) is 298 cm³/mol. The van der Waals surface area contributed by atoms with Gasteiger partial charge in [-0.3, -0.25) is 19.4 Å². The summed E-state index contributed by atoms with van der Waals surface area (Å²) in [4.78, 5) is 44.3. The smallest absolute Gasteiger partial charge is 0.419 e. The molecule has 2 saturated heterocycles. The number of aryl methyl sites for hydroxylation is 4. The number of methoxy groups -OCH3 is 2. The number of carboxylic acid groups (broad SMARTS) is 2. The molecule has 0 bridgehead atoms. The van der Waals surface area contributed by atoms with Crippen LogP contribution < -0.4 is 20.1 Å². The third kappa shape index (κ3) is 14.0. The van der Waals surface area contributed by atoms with Gasteiger partial charge in [-0.2, -0.15) is 13.2 Å². The van der Waals surface area contributed by atoms with E-state index >= 15 is 17.6 Å². The molecular formula is C61H82F4N8O6. The summed E-state index contributed by atoms with van der Waals surface area (Å²) >= 11 is 0. The maximum Gasteiger partial charge on any atom is 0.419 e. The number of hydrogen-bond donors (Lipinski definition) is 4. The van der Waals surface area contributed by atoms with Crippen molar-refractivity contribution in [3.8, 4) is 11.5 Å². The van der Waals surface area contributed by atoms with E-state index in [2.05, 4.69) is 51.7 Å². The number of nitrogens with zero attached hydrogens (tertiary/aromatic N) is 6. The van der Waals surface area contributed by atoms with Gasteiger partial charge in [0.2, 0.25) is 0 Å². The maximum atomic E-state index is 16.1. The zero-order chi connectivity index (χ0) is 56.0. The summed E-state index contributed by atoms with van der Waals surface area (Å²) in [5, 5.41) is 28.4. The Morgan fingerprint density at radius 3 is 1.75 bits per heavy atom. The van der Waals surface area contributed by atoms with Gasteiger partial charge in [-0.15, -0.1) is 0 Å². The van der Waals surface area contributed by atoms with Crippen molar-refractivity contribution < 1.29 is 46.8 Å². The van der Waals surface area contributed by atoms with Gasteiger partial charge in [-0.05, 0) is 193 Å². The number of likely N-dealkylation sites (N-methyl/N-ethyl adjacent to an activating group) is 2. The molecule has 4 aliphatic heterocycles. The number of rotatable bonds is 26. The third-order valence-electron chi connectivity index (χ3n) is 17.7. The Kier molecular flexibility index (Phi) is 19.1. The van der Waals surface area contributed by atoms with Crippen LogP contribution in [0.15, 0.2) is 48.5 Å². The Hall–Kier alpha value is -5.56. The van der Waals surface area contributed by atoms with E-state index in [0.717, 1.165) is 146 Å². The molecule has 14 nitrogen and oxygen atoms in total. The van der Waals surface area contributed by atoms with E-state index in [1.807, 2.05) is 18.9 Å². The Morgan fingerprint density at radius 1 is 0.734 bits per heavy atom. The van der Waals surface area contributed by atoms with Gasteiger partial charge in [0.1, 0.15) is 29.5 Å². The number of ether oxygens (including phenoxy) is 2. The van der Waals surface area contributed by atoms with Crippen molar-refractivity contribution in [3.05, 3.63) is 105 Å². The second kappa shape index (κ2) is 25.9. The molecule has 0 spiro atoms. The Labute approximate surface area is 463 Å². The lowest BCUT2D eigenvalue weighted by Gasteiger charge is -2.30. The summed E-state index contributed by atoms with van der Waals surface area (Å²) in [7, 11) is 6.60. The minimum absolute atomic E-state index is 0.0260. The van der Waals surface area contributed by atoms with Crippen molar-refractivity contribution in [1.29, 1.82) is 0 Å². The van der Waals surface area contributed by atoms with Gasteiger partial charge in [-0.25, -0.2) is 14.4 Å². The van der Waals surface area contributed by atoms with Crippen LogP contribution >= 0.6 is 0 Å². The van der Waals surface area contributed by atoms with Gasteiger partial charge >= 0.3 is 18.1 Å². The fourth-order valence-electron chi connectivity index (χ4n) is 13.1. The summed E-state index contributed by atoms with van der Waals surface area (Å²) in [6.45, 7) is 7.20. The molecule has 2 aromatic heterocycles. The molecule has 18 heteroatoms. The molecular weight excluding hydrogens is 1020 g/mol. The highest BCUT2D eigenvalue weighted by Gasteiger charge is 2.45. The van der Waals surface area contributed by atoms with Gasteiger partial charge < -0.3 is 40.1 Å². The number of aliphatic carboxylic acids is 2. The fourth-order valence-corrected chi connectivity index (χ4v) is 13.1. The summed E-state index contributed by atoms with van der Waals surface area (Å²) in [6, 6.07) is 12.1. The molecule has 6 heterocycles. The number of carbonyl (C=O) groups is 2. The molecule has 0 amide bonds. The van der Waals surface area contributed by atoms with Crippen LogP contribution in [0.2, 0.25) is 0 Å².